The van der Waals surface area contributed by atoms with Gasteiger partial charge in [-0.3, -0.25) is 4.72 Å². The minimum atomic E-state index is -3.75. The van der Waals surface area contributed by atoms with Gasteiger partial charge in [0, 0.05) is 31.2 Å². The summed E-state index contributed by atoms with van der Waals surface area (Å²) in [5, 5.41) is -0.0156. The molecule has 4 aromatic rings. The molecule has 0 atom stereocenters. The molecule has 7 nitrogen and oxygen atoms in total. The number of aromatic nitrogens is 4. The van der Waals surface area contributed by atoms with Crippen molar-refractivity contribution in [3.05, 3.63) is 66.4 Å². The topological polar surface area (TPSA) is 81.3 Å². The van der Waals surface area contributed by atoms with E-state index >= 15 is 0 Å². The Hall–Kier alpha value is -3.13. The molecule has 0 amide bonds. The monoisotopic (exact) mass is 381 g/mol. The third-order valence-electron chi connectivity index (χ3n) is 4.41. The molecule has 27 heavy (non-hydrogen) atoms. The fourth-order valence-electron chi connectivity index (χ4n) is 2.91. The van der Waals surface area contributed by atoms with Crippen molar-refractivity contribution in [1.29, 1.82) is 0 Å². The number of nitrogens with zero attached hydrogens (tertiary/aromatic N) is 4. The van der Waals surface area contributed by atoms with Crippen LogP contribution in [0.5, 0.6) is 0 Å². The maximum Gasteiger partial charge on any atom is 0.280 e. The molecule has 1 aromatic carbocycles. The predicted octanol–water partition coefficient (Wildman–Crippen LogP) is 3.15. The van der Waals surface area contributed by atoms with Gasteiger partial charge < -0.3 is 8.97 Å². The summed E-state index contributed by atoms with van der Waals surface area (Å²) in [4.78, 5) is 8.61. The summed E-state index contributed by atoms with van der Waals surface area (Å²) in [7, 11) is -2.03. The Kier molecular flexibility index (Phi) is 4.00. The lowest BCUT2D eigenvalue weighted by molar-refractivity contribution is 0.598. The molecule has 0 aliphatic carbocycles. The minimum absolute atomic E-state index is 0.0156. The summed E-state index contributed by atoms with van der Waals surface area (Å²) < 4.78 is 31.4. The number of anilines is 1. The lowest BCUT2D eigenvalue weighted by Crippen LogP contribution is -2.14. The fourth-order valence-corrected chi connectivity index (χ4v) is 4.01. The lowest BCUT2D eigenvalue weighted by Gasteiger charge is -2.10. The molecule has 0 saturated carbocycles. The maximum atomic E-state index is 12.6. The molecule has 3 heterocycles. The van der Waals surface area contributed by atoms with Gasteiger partial charge in [0.25, 0.3) is 10.0 Å². The second-order valence-electron chi connectivity index (χ2n) is 6.56. The van der Waals surface area contributed by atoms with Crippen molar-refractivity contribution < 1.29 is 8.42 Å². The average Bonchev–Trinajstić information content (AvgIpc) is 3.24. The zero-order valence-corrected chi connectivity index (χ0v) is 16.0. The Morgan fingerprint density at radius 1 is 1.07 bits per heavy atom. The van der Waals surface area contributed by atoms with Crippen LogP contribution in [0.4, 0.5) is 5.69 Å². The first kappa shape index (κ1) is 17.3. The fraction of sp³-hybridized carbons (Fsp3) is 0.158. The van der Waals surface area contributed by atoms with Gasteiger partial charge in [0.2, 0.25) is 0 Å². The highest BCUT2D eigenvalue weighted by atomic mass is 32.2. The molecule has 0 bridgehead atoms. The van der Waals surface area contributed by atoms with E-state index in [1.807, 2.05) is 54.9 Å². The first-order chi connectivity index (χ1) is 12.8. The van der Waals surface area contributed by atoms with Crippen LogP contribution in [0.25, 0.3) is 16.9 Å². The highest BCUT2D eigenvalue weighted by Crippen LogP contribution is 2.27. The second kappa shape index (κ2) is 6.24. The maximum absolute atomic E-state index is 12.6. The zero-order valence-electron chi connectivity index (χ0n) is 15.2. The third-order valence-corrected chi connectivity index (χ3v) is 5.66. The number of hydrogen-bond acceptors (Lipinski definition) is 4. The molecule has 0 radical (unpaired) electrons. The van der Waals surface area contributed by atoms with Crippen LogP contribution >= 0.6 is 0 Å². The molecule has 8 heteroatoms. The molecular weight excluding hydrogens is 362 g/mol. The SMILES string of the molecule is Cc1ccc(-c2cn3cccc(C)c3n2)cc1NS(=O)(=O)c1cn(C)cn1. The van der Waals surface area contributed by atoms with Gasteiger partial charge >= 0.3 is 0 Å². The van der Waals surface area contributed by atoms with Crippen LogP contribution in [0.15, 0.2) is 60.3 Å². The Balaban J connectivity index is 1.74. The van der Waals surface area contributed by atoms with Crippen LogP contribution < -0.4 is 4.72 Å². The number of hydrogen-bond donors (Lipinski definition) is 1. The van der Waals surface area contributed by atoms with E-state index in [0.29, 0.717) is 5.69 Å². The van der Waals surface area contributed by atoms with E-state index in [4.69, 9.17) is 0 Å². The van der Waals surface area contributed by atoms with E-state index in [9.17, 15) is 8.42 Å². The summed E-state index contributed by atoms with van der Waals surface area (Å²) in [6.45, 7) is 3.86. The molecule has 0 spiro atoms. The number of fused-ring (bicyclic) bond motifs is 1. The molecule has 0 unspecified atom stereocenters. The van der Waals surface area contributed by atoms with Crippen molar-refractivity contribution in [2.75, 3.05) is 4.72 Å². The number of aryl methyl sites for hydroxylation is 3. The smallest absolute Gasteiger partial charge is 0.280 e. The van der Waals surface area contributed by atoms with Crippen LogP contribution in [-0.2, 0) is 17.1 Å². The van der Waals surface area contributed by atoms with Gasteiger partial charge in [0.15, 0.2) is 5.03 Å². The molecule has 0 fully saturated rings. The van der Waals surface area contributed by atoms with Crippen molar-refractivity contribution in [2.45, 2.75) is 18.9 Å². The lowest BCUT2D eigenvalue weighted by atomic mass is 10.1. The Labute approximate surface area is 157 Å². The van der Waals surface area contributed by atoms with Crippen LogP contribution in [0.2, 0.25) is 0 Å². The molecule has 4 rings (SSSR count). The van der Waals surface area contributed by atoms with E-state index in [-0.39, 0.29) is 5.03 Å². The first-order valence-electron chi connectivity index (χ1n) is 8.39. The van der Waals surface area contributed by atoms with Gasteiger partial charge in [-0.2, -0.15) is 8.42 Å². The van der Waals surface area contributed by atoms with Crippen molar-refractivity contribution in [1.82, 2.24) is 18.9 Å². The molecule has 138 valence electrons. The Morgan fingerprint density at radius 3 is 2.59 bits per heavy atom. The summed E-state index contributed by atoms with van der Waals surface area (Å²) in [5.74, 6) is 0. The summed E-state index contributed by atoms with van der Waals surface area (Å²) in [5.41, 5.74) is 4.89. The zero-order chi connectivity index (χ0) is 19.2. The van der Waals surface area contributed by atoms with Crippen LogP contribution in [0, 0.1) is 13.8 Å². The number of benzene rings is 1. The second-order valence-corrected chi connectivity index (χ2v) is 8.19. The molecule has 1 N–H and O–H groups in total. The van der Waals surface area contributed by atoms with Gasteiger partial charge in [0.05, 0.1) is 17.7 Å². The quantitative estimate of drug-likeness (QED) is 0.589. The van der Waals surface area contributed by atoms with E-state index in [1.54, 1.807) is 17.7 Å². The normalized spacial score (nSPS) is 11.8. The number of rotatable bonds is 4. The molecule has 0 aliphatic rings. The van der Waals surface area contributed by atoms with Gasteiger partial charge in [-0.15, -0.1) is 0 Å². The number of nitrogens with one attached hydrogen (secondary N) is 1. The standard InChI is InChI=1S/C19H19N5O2S/c1-13-6-7-15(17-10-24-8-4-5-14(2)19(24)21-17)9-16(13)22-27(25,26)18-11-23(3)12-20-18/h4-12,22H,1-3H3. The number of pyridine rings is 1. The molecule has 0 saturated heterocycles. The Bertz CT molecular complexity index is 1250. The van der Waals surface area contributed by atoms with E-state index in [2.05, 4.69) is 14.7 Å². The van der Waals surface area contributed by atoms with Gasteiger partial charge in [-0.1, -0.05) is 18.2 Å². The number of imidazole rings is 2. The minimum Gasteiger partial charge on any atom is -0.339 e. The summed E-state index contributed by atoms with van der Waals surface area (Å²) >= 11 is 0. The average molecular weight is 381 g/mol. The molecule has 0 aliphatic heterocycles. The van der Waals surface area contributed by atoms with E-state index in [1.165, 1.54) is 12.5 Å². The van der Waals surface area contributed by atoms with Gasteiger partial charge in [-0.05, 0) is 37.1 Å². The van der Waals surface area contributed by atoms with Crippen LogP contribution in [-0.4, -0.2) is 27.4 Å². The Morgan fingerprint density at radius 2 is 1.89 bits per heavy atom. The highest BCUT2D eigenvalue weighted by Gasteiger charge is 2.18. The largest absolute Gasteiger partial charge is 0.339 e. The van der Waals surface area contributed by atoms with E-state index < -0.39 is 10.0 Å². The molecule has 3 aromatic heterocycles. The van der Waals surface area contributed by atoms with Crippen LogP contribution in [0.3, 0.4) is 0 Å². The summed E-state index contributed by atoms with van der Waals surface area (Å²) in [6.07, 6.45) is 6.80. The number of sulfonamides is 1. The third kappa shape index (κ3) is 3.19. The van der Waals surface area contributed by atoms with Crippen molar-refractivity contribution in [2.24, 2.45) is 7.05 Å². The van der Waals surface area contributed by atoms with Crippen molar-refractivity contribution >= 4 is 21.4 Å². The van der Waals surface area contributed by atoms with Gasteiger partial charge in [0.1, 0.15) is 5.65 Å². The first-order valence-corrected chi connectivity index (χ1v) is 9.88. The van der Waals surface area contributed by atoms with Crippen molar-refractivity contribution in [3.63, 3.8) is 0 Å². The van der Waals surface area contributed by atoms with Crippen LogP contribution in [0.1, 0.15) is 11.1 Å². The summed E-state index contributed by atoms with van der Waals surface area (Å²) in [6, 6.07) is 9.59. The van der Waals surface area contributed by atoms with Gasteiger partial charge in [-0.25, -0.2) is 9.97 Å². The highest BCUT2D eigenvalue weighted by molar-refractivity contribution is 7.92. The van der Waals surface area contributed by atoms with Crippen molar-refractivity contribution in [3.8, 4) is 11.3 Å². The predicted molar refractivity (Wildman–Crippen MR) is 104 cm³/mol. The molecular formula is C19H19N5O2S. The van der Waals surface area contributed by atoms with E-state index in [0.717, 1.165) is 28.0 Å².